The van der Waals surface area contributed by atoms with Gasteiger partial charge in [0.1, 0.15) is 6.03 Å². The van der Waals surface area contributed by atoms with Crippen LogP contribution >= 0.6 is 9.24 Å². The summed E-state index contributed by atoms with van der Waals surface area (Å²) in [5, 5.41) is 0. The van der Waals surface area contributed by atoms with Crippen molar-refractivity contribution >= 4 is 15.3 Å². The van der Waals surface area contributed by atoms with Gasteiger partial charge in [0, 0.05) is 0 Å². The van der Waals surface area contributed by atoms with E-state index in [1.165, 1.54) is 12.8 Å². The zero-order valence-electron chi connectivity index (χ0n) is 7.26. The van der Waals surface area contributed by atoms with Crippen molar-refractivity contribution in [2.75, 3.05) is 6.54 Å². The molecule has 0 aliphatic rings. The fourth-order valence-electron chi connectivity index (χ4n) is 0.204. The Morgan fingerprint density at radius 1 is 1.50 bits per heavy atom. The van der Waals surface area contributed by atoms with Gasteiger partial charge in [-0.15, -0.1) is 0 Å². The second-order valence-electron chi connectivity index (χ2n) is 1.28. The summed E-state index contributed by atoms with van der Waals surface area (Å²) in [7, 11) is 1.90. The number of rotatable bonds is 2. The minimum atomic E-state index is 0.667. The predicted molar refractivity (Wildman–Crippen MR) is 51.8 cm³/mol. The van der Waals surface area contributed by atoms with Crippen LogP contribution in [0.4, 0.5) is 0 Å². The number of carbonyl (C=O) groups excluding carboxylic acids is 1. The molecule has 1 unspecified atom stereocenters. The van der Waals surface area contributed by atoms with E-state index in [1.807, 2.05) is 23.1 Å². The lowest BCUT2D eigenvalue weighted by molar-refractivity contribution is 0.570. The Hall–Kier alpha value is 0.0600. The summed E-state index contributed by atoms with van der Waals surface area (Å²) in [6.07, 6.45) is 2.39. The molecule has 0 aliphatic carbocycles. The number of hydrogen-bond acceptors (Lipinski definition) is 2. The molecule has 0 fully saturated rings. The molecule has 0 aromatic rings. The van der Waals surface area contributed by atoms with Crippen molar-refractivity contribution in [3.8, 4) is 0 Å². The van der Waals surface area contributed by atoms with Crippen LogP contribution < -0.4 is 5.73 Å². The third kappa shape index (κ3) is 94.7. The van der Waals surface area contributed by atoms with E-state index < -0.39 is 0 Å². The molecule has 0 heterocycles. The Balaban J connectivity index is -0.0000000847. The van der Waals surface area contributed by atoms with E-state index in [-0.39, 0.29) is 0 Å². The first kappa shape index (κ1) is 16.6. The first-order valence-electron chi connectivity index (χ1n) is 3.68. The molecule has 0 spiro atoms. The summed E-state index contributed by atoms with van der Waals surface area (Å²) in [5.41, 5.74) is 5.14. The van der Waals surface area contributed by atoms with Crippen molar-refractivity contribution in [1.29, 1.82) is 0 Å². The van der Waals surface area contributed by atoms with Crippen LogP contribution in [0.2, 0.25) is 0 Å². The van der Waals surface area contributed by atoms with Crippen molar-refractivity contribution in [2.24, 2.45) is 5.73 Å². The lowest BCUT2D eigenvalue weighted by atomic mass is 10.3. The summed E-state index contributed by atoms with van der Waals surface area (Å²) in [4.78, 5) is 8.77. The zero-order chi connectivity index (χ0) is 8.83. The Morgan fingerprint density at radius 2 is 1.80 bits per heavy atom. The first-order chi connectivity index (χ1) is 4.83. The van der Waals surface area contributed by atoms with Crippen molar-refractivity contribution < 1.29 is 4.79 Å². The van der Waals surface area contributed by atoms with E-state index in [9.17, 15) is 0 Å². The third-order valence-electron chi connectivity index (χ3n) is 0.558. The van der Waals surface area contributed by atoms with Crippen LogP contribution in [-0.4, -0.2) is 12.6 Å². The molecule has 0 aromatic heterocycles. The summed E-state index contributed by atoms with van der Waals surface area (Å²) in [5.74, 6) is 0. The second kappa shape index (κ2) is 35.7. The molecule has 0 aromatic carbocycles. The lowest BCUT2D eigenvalue weighted by Crippen LogP contribution is -1.95. The van der Waals surface area contributed by atoms with Gasteiger partial charge in [0.25, 0.3) is 0 Å². The SMILES string of the molecule is CC.CCCCN.O=CP. The molecule has 0 rings (SSSR count). The number of carbonyl (C=O) groups is 1. The minimum Gasteiger partial charge on any atom is -0.330 e. The van der Waals surface area contributed by atoms with Gasteiger partial charge in [-0.25, -0.2) is 0 Å². The average molecular weight is 165 g/mol. The third-order valence-corrected chi connectivity index (χ3v) is 0.558. The Bertz CT molecular complexity index is 40.6. The van der Waals surface area contributed by atoms with E-state index in [0.717, 1.165) is 6.54 Å². The van der Waals surface area contributed by atoms with Crippen LogP contribution in [0.3, 0.4) is 0 Å². The molecular weight excluding hydrogens is 145 g/mol. The topological polar surface area (TPSA) is 43.1 Å². The largest absolute Gasteiger partial charge is 0.330 e. The van der Waals surface area contributed by atoms with Crippen LogP contribution in [0, 0.1) is 0 Å². The van der Waals surface area contributed by atoms with E-state index in [0.29, 0.717) is 6.03 Å². The van der Waals surface area contributed by atoms with Crippen LogP contribution in [-0.2, 0) is 4.79 Å². The quantitative estimate of drug-likeness (QED) is 0.501. The van der Waals surface area contributed by atoms with Crippen molar-refractivity contribution in [3.05, 3.63) is 0 Å². The van der Waals surface area contributed by atoms with Crippen LogP contribution in [0.5, 0.6) is 0 Å². The molecule has 1 atom stereocenters. The van der Waals surface area contributed by atoms with Gasteiger partial charge in [-0.2, -0.15) is 0 Å². The van der Waals surface area contributed by atoms with E-state index in [2.05, 4.69) is 6.92 Å². The number of nitrogens with two attached hydrogens (primary N) is 1. The molecule has 0 saturated heterocycles. The second-order valence-corrected chi connectivity index (χ2v) is 1.55. The summed E-state index contributed by atoms with van der Waals surface area (Å²) < 4.78 is 0. The molecule has 0 aliphatic heterocycles. The maximum atomic E-state index is 8.77. The molecule has 0 radical (unpaired) electrons. The summed E-state index contributed by atoms with van der Waals surface area (Å²) >= 11 is 0. The molecule has 0 bridgehead atoms. The molecule has 0 saturated carbocycles. The van der Waals surface area contributed by atoms with Gasteiger partial charge in [0.05, 0.1) is 0 Å². The minimum absolute atomic E-state index is 0.667. The highest BCUT2D eigenvalue weighted by Gasteiger charge is 1.67. The monoisotopic (exact) mass is 165 g/mol. The summed E-state index contributed by atoms with van der Waals surface area (Å²) in [6, 6.07) is 0.667. The maximum Gasteiger partial charge on any atom is 0.135 e. The first-order valence-corrected chi connectivity index (χ1v) is 4.35. The van der Waals surface area contributed by atoms with Crippen molar-refractivity contribution in [3.63, 3.8) is 0 Å². The van der Waals surface area contributed by atoms with E-state index in [1.54, 1.807) is 0 Å². The van der Waals surface area contributed by atoms with Crippen LogP contribution in [0.15, 0.2) is 0 Å². The van der Waals surface area contributed by atoms with Gasteiger partial charge in [-0.3, -0.25) is 4.79 Å². The highest BCUT2D eigenvalue weighted by Crippen LogP contribution is 1.77. The standard InChI is InChI=1S/C4H11N.C2H6.CH3OP/c1-2-3-4-5;1-2;2-1-3/h2-5H2,1H3;1-2H3;1H,3H2. The van der Waals surface area contributed by atoms with Gasteiger partial charge in [-0.05, 0) is 13.0 Å². The molecule has 64 valence electrons. The number of unbranched alkanes of at least 4 members (excludes halogenated alkanes) is 1. The van der Waals surface area contributed by atoms with Crippen molar-refractivity contribution in [2.45, 2.75) is 33.6 Å². The van der Waals surface area contributed by atoms with Gasteiger partial charge in [0.2, 0.25) is 0 Å². The van der Waals surface area contributed by atoms with Crippen LogP contribution in [0.1, 0.15) is 33.6 Å². The van der Waals surface area contributed by atoms with E-state index >= 15 is 0 Å². The maximum absolute atomic E-state index is 8.77. The fraction of sp³-hybridized carbons (Fsp3) is 0.857. The van der Waals surface area contributed by atoms with Crippen LogP contribution in [0.25, 0.3) is 0 Å². The van der Waals surface area contributed by atoms with Crippen molar-refractivity contribution in [1.82, 2.24) is 0 Å². The molecule has 2 nitrogen and oxygen atoms in total. The predicted octanol–water partition coefficient (Wildman–Crippen LogP) is 1.82. The Morgan fingerprint density at radius 3 is 1.80 bits per heavy atom. The van der Waals surface area contributed by atoms with E-state index in [4.69, 9.17) is 10.5 Å². The Labute approximate surface area is 66.8 Å². The zero-order valence-corrected chi connectivity index (χ0v) is 8.42. The molecular formula is C7H20NOP. The van der Waals surface area contributed by atoms with Gasteiger partial charge in [-0.1, -0.05) is 36.4 Å². The van der Waals surface area contributed by atoms with Gasteiger partial charge < -0.3 is 5.73 Å². The highest BCUT2D eigenvalue weighted by atomic mass is 31.0. The average Bonchev–Trinajstić information content (AvgIpc) is 1.96. The molecule has 0 amide bonds. The fourth-order valence-corrected chi connectivity index (χ4v) is 0.204. The molecule has 2 N–H and O–H groups in total. The molecule has 3 heteroatoms. The highest BCUT2D eigenvalue weighted by molar-refractivity contribution is 7.36. The van der Waals surface area contributed by atoms with Gasteiger partial charge >= 0.3 is 0 Å². The summed E-state index contributed by atoms with van der Waals surface area (Å²) in [6.45, 7) is 6.98. The smallest absolute Gasteiger partial charge is 0.135 e. The lowest BCUT2D eigenvalue weighted by Gasteiger charge is -1.80. The number of hydrogen-bond donors (Lipinski definition) is 1. The van der Waals surface area contributed by atoms with Gasteiger partial charge in [0.15, 0.2) is 0 Å². The normalized spacial score (nSPS) is 6.10. The molecule has 10 heavy (non-hydrogen) atoms. The Kier molecular flexibility index (Phi) is 59.2.